The summed E-state index contributed by atoms with van der Waals surface area (Å²) in [5.41, 5.74) is 0. The molecule has 2 rings (SSSR count). The number of morpholine rings is 1. The molecule has 0 aromatic heterocycles. The zero-order chi connectivity index (χ0) is 20.0. The SMILES string of the molecule is CCNC(=NCC(C(CC)CC)N1CCOCC1)NCCCCN1CCCC1. The average molecular weight is 396 g/mol. The van der Waals surface area contributed by atoms with Gasteiger partial charge in [0.05, 0.1) is 19.8 Å². The van der Waals surface area contributed by atoms with Gasteiger partial charge in [-0.1, -0.05) is 26.7 Å². The fourth-order valence-electron chi connectivity index (χ4n) is 4.50. The van der Waals surface area contributed by atoms with Gasteiger partial charge in [-0.05, 0) is 58.2 Å². The number of likely N-dealkylation sites (tertiary alicyclic amines) is 1. The summed E-state index contributed by atoms with van der Waals surface area (Å²) in [4.78, 5) is 10.2. The number of guanidine groups is 1. The Morgan fingerprint density at radius 3 is 2.32 bits per heavy atom. The molecule has 6 nitrogen and oxygen atoms in total. The second-order valence-electron chi connectivity index (χ2n) is 8.19. The molecule has 164 valence electrons. The maximum Gasteiger partial charge on any atom is 0.191 e. The fourth-order valence-corrected chi connectivity index (χ4v) is 4.50. The molecule has 0 bridgehead atoms. The molecule has 2 aliphatic heterocycles. The van der Waals surface area contributed by atoms with Crippen LogP contribution < -0.4 is 10.6 Å². The molecule has 2 fully saturated rings. The third kappa shape index (κ3) is 8.26. The molecule has 6 heteroatoms. The third-order valence-corrected chi connectivity index (χ3v) is 6.28. The standard InChI is InChI=1S/C22H45N5O/c1-4-20(5-2)21(27-15-17-28-18-16-27)19-25-22(23-6-3)24-11-7-8-12-26-13-9-10-14-26/h20-21H,4-19H2,1-3H3,(H2,23,24,25). The van der Waals surface area contributed by atoms with Gasteiger partial charge in [0, 0.05) is 32.2 Å². The third-order valence-electron chi connectivity index (χ3n) is 6.28. The highest BCUT2D eigenvalue weighted by Gasteiger charge is 2.26. The summed E-state index contributed by atoms with van der Waals surface area (Å²) < 4.78 is 5.57. The summed E-state index contributed by atoms with van der Waals surface area (Å²) in [5.74, 6) is 1.68. The Labute approximate surface area is 173 Å². The number of nitrogens with zero attached hydrogens (tertiary/aromatic N) is 3. The van der Waals surface area contributed by atoms with Crippen molar-refractivity contribution in [3.63, 3.8) is 0 Å². The minimum Gasteiger partial charge on any atom is -0.379 e. The van der Waals surface area contributed by atoms with Crippen LogP contribution in [0.5, 0.6) is 0 Å². The van der Waals surface area contributed by atoms with Crippen molar-refractivity contribution in [3.05, 3.63) is 0 Å². The van der Waals surface area contributed by atoms with E-state index in [-0.39, 0.29) is 0 Å². The highest BCUT2D eigenvalue weighted by molar-refractivity contribution is 5.79. The Morgan fingerprint density at radius 2 is 1.68 bits per heavy atom. The van der Waals surface area contributed by atoms with Gasteiger partial charge in [-0.25, -0.2) is 0 Å². The molecule has 2 N–H and O–H groups in total. The lowest BCUT2D eigenvalue weighted by molar-refractivity contribution is 0.00395. The van der Waals surface area contributed by atoms with Crippen LogP contribution in [0.3, 0.4) is 0 Å². The lowest BCUT2D eigenvalue weighted by Gasteiger charge is -2.38. The number of unbranched alkanes of at least 4 members (excludes halogenated alkanes) is 1. The van der Waals surface area contributed by atoms with Gasteiger partial charge in [0.1, 0.15) is 0 Å². The molecular weight excluding hydrogens is 350 g/mol. The van der Waals surface area contributed by atoms with E-state index >= 15 is 0 Å². The van der Waals surface area contributed by atoms with Gasteiger partial charge in [-0.2, -0.15) is 0 Å². The second-order valence-corrected chi connectivity index (χ2v) is 8.19. The largest absolute Gasteiger partial charge is 0.379 e. The van der Waals surface area contributed by atoms with Crippen molar-refractivity contribution in [2.24, 2.45) is 10.9 Å². The maximum atomic E-state index is 5.57. The molecular formula is C22H45N5O. The number of nitrogens with one attached hydrogen (secondary N) is 2. The minimum atomic E-state index is 0.518. The van der Waals surface area contributed by atoms with E-state index < -0.39 is 0 Å². The van der Waals surface area contributed by atoms with E-state index in [0.717, 1.165) is 51.9 Å². The normalized spacial score (nSPS) is 20.6. The predicted octanol–water partition coefficient (Wildman–Crippen LogP) is 2.55. The topological polar surface area (TPSA) is 52.1 Å². The molecule has 2 saturated heterocycles. The van der Waals surface area contributed by atoms with Gasteiger partial charge in [-0.3, -0.25) is 9.89 Å². The summed E-state index contributed by atoms with van der Waals surface area (Å²) in [7, 11) is 0. The zero-order valence-electron chi connectivity index (χ0n) is 18.7. The van der Waals surface area contributed by atoms with Crippen LogP contribution in [0.2, 0.25) is 0 Å². The molecule has 1 atom stereocenters. The molecule has 0 radical (unpaired) electrons. The molecule has 1 unspecified atom stereocenters. The number of aliphatic imine (C=N–C) groups is 1. The molecule has 0 aromatic carbocycles. The van der Waals surface area contributed by atoms with Gasteiger partial charge in [0.25, 0.3) is 0 Å². The van der Waals surface area contributed by atoms with Crippen molar-refractivity contribution in [1.82, 2.24) is 20.4 Å². The molecule has 0 amide bonds. The smallest absolute Gasteiger partial charge is 0.191 e. The van der Waals surface area contributed by atoms with E-state index in [1.165, 1.54) is 58.2 Å². The van der Waals surface area contributed by atoms with Gasteiger partial charge >= 0.3 is 0 Å². The van der Waals surface area contributed by atoms with Crippen LogP contribution in [0.1, 0.15) is 59.3 Å². The predicted molar refractivity (Wildman–Crippen MR) is 119 cm³/mol. The van der Waals surface area contributed by atoms with Crippen molar-refractivity contribution < 1.29 is 4.74 Å². The Balaban J connectivity index is 1.80. The average Bonchev–Trinajstić information content (AvgIpc) is 3.25. The van der Waals surface area contributed by atoms with Gasteiger partial charge in [-0.15, -0.1) is 0 Å². The first kappa shape index (κ1) is 23.4. The van der Waals surface area contributed by atoms with Crippen LogP contribution >= 0.6 is 0 Å². The lowest BCUT2D eigenvalue weighted by Crippen LogP contribution is -2.49. The van der Waals surface area contributed by atoms with E-state index in [9.17, 15) is 0 Å². The first-order valence-electron chi connectivity index (χ1n) is 11.8. The summed E-state index contributed by atoms with van der Waals surface area (Å²) in [6.07, 6.45) is 7.69. The molecule has 2 aliphatic rings. The second kappa shape index (κ2) is 14.2. The lowest BCUT2D eigenvalue weighted by atomic mass is 9.92. The number of ether oxygens (including phenoxy) is 1. The van der Waals surface area contributed by atoms with Gasteiger partial charge < -0.3 is 20.3 Å². The van der Waals surface area contributed by atoms with Gasteiger partial charge in [0.2, 0.25) is 0 Å². The molecule has 0 aromatic rings. The highest BCUT2D eigenvalue weighted by atomic mass is 16.5. The van der Waals surface area contributed by atoms with Crippen LogP contribution in [0, 0.1) is 5.92 Å². The van der Waals surface area contributed by atoms with Crippen LogP contribution in [0.4, 0.5) is 0 Å². The first-order valence-corrected chi connectivity index (χ1v) is 11.8. The monoisotopic (exact) mass is 395 g/mol. The molecule has 2 heterocycles. The van der Waals surface area contributed by atoms with Crippen molar-refractivity contribution >= 4 is 5.96 Å². The molecule has 0 saturated carbocycles. The van der Waals surface area contributed by atoms with Crippen LogP contribution in [0.15, 0.2) is 4.99 Å². The quantitative estimate of drug-likeness (QED) is 0.302. The van der Waals surface area contributed by atoms with Crippen LogP contribution in [-0.4, -0.2) is 87.4 Å². The Bertz CT molecular complexity index is 415. The van der Waals surface area contributed by atoms with Crippen molar-refractivity contribution in [2.45, 2.75) is 65.3 Å². The number of hydrogen-bond donors (Lipinski definition) is 2. The number of rotatable bonds is 12. The van der Waals surface area contributed by atoms with Crippen LogP contribution in [-0.2, 0) is 4.74 Å². The van der Waals surface area contributed by atoms with Crippen molar-refractivity contribution in [3.8, 4) is 0 Å². The Morgan fingerprint density at radius 1 is 0.964 bits per heavy atom. The van der Waals surface area contributed by atoms with E-state index in [4.69, 9.17) is 9.73 Å². The number of hydrogen-bond acceptors (Lipinski definition) is 4. The van der Waals surface area contributed by atoms with Crippen molar-refractivity contribution in [1.29, 1.82) is 0 Å². The zero-order valence-corrected chi connectivity index (χ0v) is 18.7. The molecule has 28 heavy (non-hydrogen) atoms. The molecule has 0 aliphatic carbocycles. The summed E-state index contributed by atoms with van der Waals surface area (Å²) in [6.45, 7) is 17.2. The highest BCUT2D eigenvalue weighted by Crippen LogP contribution is 2.20. The fraction of sp³-hybridized carbons (Fsp3) is 0.955. The Hall–Kier alpha value is -0.850. The maximum absolute atomic E-state index is 5.57. The summed E-state index contributed by atoms with van der Waals surface area (Å²) in [6, 6.07) is 0.518. The van der Waals surface area contributed by atoms with Gasteiger partial charge in [0.15, 0.2) is 5.96 Å². The Kier molecular flexibility index (Phi) is 11.9. The van der Waals surface area contributed by atoms with E-state index in [0.29, 0.717) is 12.0 Å². The van der Waals surface area contributed by atoms with E-state index in [1.54, 1.807) is 0 Å². The van der Waals surface area contributed by atoms with Crippen molar-refractivity contribution in [2.75, 3.05) is 65.6 Å². The summed E-state index contributed by atoms with van der Waals surface area (Å²) >= 11 is 0. The van der Waals surface area contributed by atoms with E-state index in [1.807, 2.05) is 0 Å². The molecule has 0 spiro atoms. The minimum absolute atomic E-state index is 0.518. The summed E-state index contributed by atoms with van der Waals surface area (Å²) in [5, 5.41) is 6.99. The van der Waals surface area contributed by atoms with E-state index in [2.05, 4.69) is 41.2 Å². The first-order chi connectivity index (χ1) is 13.8. The van der Waals surface area contributed by atoms with Crippen LogP contribution in [0.25, 0.3) is 0 Å².